The van der Waals surface area contributed by atoms with E-state index in [2.05, 4.69) is 22.2 Å². The Morgan fingerprint density at radius 1 is 1.00 bits per heavy atom. The first-order valence-electron chi connectivity index (χ1n) is 12.7. The Kier molecular flexibility index (Phi) is 7.16. The van der Waals surface area contributed by atoms with Gasteiger partial charge in [-0.15, -0.1) is 0 Å². The number of hydrogen-bond donors (Lipinski definition) is 0. The zero-order valence-electron chi connectivity index (χ0n) is 21.3. The van der Waals surface area contributed by atoms with Crippen LogP contribution in [0.25, 0.3) is 5.69 Å². The molecule has 0 aliphatic carbocycles. The zero-order valence-corrected chi connectivity index (χ0v) is 21.3. The number of aromatic nitrogens is 4. The van der Waals surface area contributed by atoms with Gasteiger partial charge in [0.05, 0.1) is 6.33 Å². The zero-order chi connectivity index (χ0) is 25.8. The fourth-order valence-electron chi connectivity index (χ4n) is 5.19. The molecule has 0 saturated carbocycles. The lowest BCUT2D eigenvalue weighted by molar-refractivity contribution is 0.0519. The number of nitrogens with zero attached hydrogens (tertiary/aromatic N) is 6. The van der Waals surface area contributed by atoms with Crippen molar-refractivity contribution in [3.05, 3.63) is 102 Å². The summed E-state index contributed by atoms with van der Waals surface area (Å²) in [6.45, 7) is 1.34. The molecule has 8 heteroatoms. The van der Waals surface area contributed by atoms with Crippen LogP contribution < -0.4 is 0 Å². The maximum atomic E-state index is 13.3. The van der Waals surface area contributed by atoms with Gasteiger partial charge in [-0.2, -0.15) is 5.10 Å². The van der Waals surface area contributed by atoms with E-state index in [1.807, 2.05) is 77.1 Å². The number of carbonyl (C=O) groups is 2. The minimum absolute atomic E-state index is 0.0172. The normalized spacial score (nSPS) is 14.9. The van der Waals surface area contributed by atoms with Crippen LogP contribution in [0.1, 0.15) is 39.3 Å². The highest BCUT2D eigenvalue weighted by atomic mass is 16.2. The van der Waals surface area contributed by atoms with Gasteiger partial charge >= 0.3 is 0 Å². The van der Waals surface area contributed by atoms with Crippen molar-refractivity contribution in [2.75, 3.05) is 20.1 Å². The fourth-order valence-corrected chi connectivity index (χ4v) is 5.19. The molecule has 190 valence electrons. The number of hydrogen-bond acceptors (Lipinski definition) is 4. The molecule has 2 amide bonds. The third-order valence-corrected chi connectivity index (χ3v) is 7.33. The maximum Gasteiger partial charge on any atom is 0.274 e. The lowest BCUT2D eigenvalue weighted by Crippen LogP contribution is -2.48. The molecular formula is C29H32N6O2. The van der Waals surface area contributed by atoms with Crippen LogP contribution in [0.15, 0.2) is 85.6 Å². The summed E-state index contributed by atoms with van der Waals surface area (Å²) in [5, 5.41) is 4.33. The molecular weight excluding hydrogens is 464 g/mol. The van der Waals surface area contributed by atoms with Gasteiger partial charge in [-0.25, -0.2) is 4.98 Å². The molecule has 1 atom stereocenters. The molecule has 1 fully saturated rings. The molecule has 0 bridgehead atoms. The predicted molar refractivity (Wildman–Crippen MR) is 141 cm³/mol. The third kappa shape index (κ3) is 5.48. The first kappa shape index (κ1) is 24.5. The predicted octanol–water partition coefficient (Wildman–Crippen LogP) is 3.84. The highest BCUT2D eigenvalue weighted by molar-refractivity contribution is 5.94. The van der Waals surface area contributed by atoms with Crippen LogP contribution in [0.5, 0.6) is 0 Å². The summed E-state index contributed by atoms with van der Waals surface area (Å²) in [5.41, 5.74) is 3.31. The SMILES string of the molecule is CN(C(=O)c1ccn(C)n1)C(Cc1ccccc1)C1CCN(C(=O)c2ccc(-n3ccnc3)cc2)CC1. The van der Waals surface area contributed by atoms with Crippen molar-refractivity contribution in [3.8, 4) is 5.69 Å². The van der Waals surface area contributed by atoms with Gasteiger partial charge in [0.1, 0.15) is 5.69 Å². The number of amides is 2. The molecule has 4 aromatic rings. The molecule has 5 rings (SSSR count). The second kappa shape index (κ2) is 10.8. The fraction of sp³-hybridized carbons (Fsp3) is 0.310. The molecule has 37 heavy (non-hydrogen) atoms. The smallest absolute Gasteiger partial charge is 0.274 e. The van der Waals surface area contributed by atoms with Crippen molar-refractivity contribution in [1.82, 2.24) is 29.1 Å². The summed E-state index contributed by atoms with van der Waals surface area (Å²) < 4.78 is 3.56. The molecule has 1 saturated heterocycles. The van der Waals surface area contributed by atoms with Gasteiger partial charge in [0.15, 0.2) is 0 Å². The van der Waals surface area contributed by atoms with Crippen molar-refractivity contribution < 1.29 is 9.59 Å². The molecule has 0 radical (unpaired) electrons. The molecule has 1 unspecified atom stereocenters. The van der Waals surface area contributed by atoms with Crippen molar-refractivity contribution in [2.24, 2.45) is 13.0 Å². The van der Waals surface area contributed by atoms with Crippen molar-refractivity contribution in [2.45, 2.75) is 25.3 Å². The van der Waals surface area contributed by atoms with Gasteiger partial charge in [0.25, 0.3) is 11.8 Å². The summed E-state index contributed by atoms with van der Waals surface area (Å²) in [6.07, 6.45) is 9.60. The Balaban J connectivity index is 1.27. The standard InChI is InChI=1S/C29H32N6O2/c1-32-16-14-26(31-32)29(37)33(2)27(20-22-6-4-3-5-7-22)23-12-17-34(18-13-23)28(36)24-8-10-25(11-9-24)35-19-15-30-21-35/h3-11,14-16,19,21,23,27H,12-13,17-18,20H2,1-2H3. The number of benzene rings is 2. The number of piperidine rings is 1. The number of carbonyl (C=O) groups excluding carboxylic acids is 2. The van der Waals surface area contributed by atoms with Gasteiger partial charge in [-0.3, -0.25) is 14.3 Å². The van der Waals surface area contributed by atoms with E-state index in [1.165, 1.54) is 5.56 Å². The van der Waals surface area contributed by atoms with E-state index in [0.29, 0.717) is 24.3 Å². The van der Waals surface area contributed by atoms with E-state index < -0.39 is 0 Å². The molecule has 2 aromatic heterocycles. The van der Waals surface area contributed by atoms with Gasteiger partial charge in [-0.1, -0.05) is 30.3 Å². The monoisotopic (exact) mass is 496 g/mol. The summed E-state index contributed by atoms with van der Waals surface area (Å²) in [5.74, 6) is 0.261. The number of imidazole rings is 1. The summed E-state index contributed by atoms with van der Waals surface area (Å²) in [6, 6.07) is 19.7. The van der Waals surface area contributed by atoms with E-state index in [9.17, 15) is 9.59 Å². The van der Waals surface area contributed by atoms with Crippen LogP contribution in [0.4, 0.5) is 0 Å². The second-order valence-electron chi connectivity index (χ2n) is 9.69. The molecule has 0 N–H and O–H groups in total. The largest absolute Gasteiger partial charge is 0.339 e. The summed E-state index contributed by atoms with van der Waals surface area (Å²) >= 11 is 0. The van der Waals surface area contributed by atoms with Crippen LogP contribution >= 0.6 is 0 Å². The van der Waals surface area contributed by atoms with Crippen LogP contribution in [-0.2, 0) is 13.5 Å². The Hall–Kier alpha value is -4.20. The first-order valence-corrected chi connectivity index (χ1v) is 12.7. The number of likely N-dealkylation sites (N-methyl/N-ethyl adjacent to an activating group) is 1. The first-order chi connectivity index (χ1) is 18.0. The van der Waals surface area contributed by atoms with Crippen molar-refractivity contribution in [1.29, 1.82) is 0 Å². The molecule has 3 heterocycles. The molecule has 2 aromatic carbocycles. The van der Waals surface area contributed by atoms with Gasteiger partial charge < -0.3 is 14.4 Å². The number of aryl methyl sites for hydroxylation is 1. The third-order valence-electron chi connectivity index (χ3n) is 7.33. The van der Waals surface area contributed by atoms with Crippen molar-refractivity contribution >= 4 is 11.8 Å². The lowest BCUT2D eigenvalue weighted by Gasteiger charge is -2.40. The van der Waals surface area contributed by atoms with Crippen LogP contribution in [-0.4, -0.2) is 67.1 Å². The highest BCUT2D eigenvalue weighted by Gasteiger charge is 2.33. The Bertz CT molecular complexity index is 1320. The Labute approximate surface area is 217 Å². The van der Waals surface area contributed by atoms with Crippen LogP contribution in [0, 0.1) is 5.92 Å². The van der Waals surface area contributed by atoms with E-state index in [0.717, 1.165) is 24.9 Å². The quantitative estimate of drug-likeness (QED) is 0.390. The maximum absolute atomic E-state index is 13.3. The van der Waals surface area contributed by atoms with E-state index >= 15 is 0 Å². The minimum Gasteiger partial charge on any atom is -0.339 e. The topological polar surface area (TPSA) is 76.3 Å². The average molecular weight is 497 g/mol. The van der Waals surface area contributed by atoms with Crippen LogP contribution in [0.3, 0.4) is 0 Å². The highest BCUT2D eigenvalue weighted by Crippen LogP contribution is 2.28. The molecule has 1 aliphatic heterocycles. The summed E-state index contributed by atoms with van der Waals surface area (Å²) in [4.78, 5) is 34.4. The second-order valence-corrected chi connectivity index (χ2v) is 9.69. The minimum atomic E-state index is -0.0713. The number of likely N-dealkylation sites (tertiary alicyclic amines) is 1. The van der Waals surface area contributed by atoms with Crippen LogP contribution in [0.2, 0.25) is 0 Å². The molecule has 8 nitrogen and oxygen atoms in total. The summed E-state index contributed by atoms with van der Waals surface area (Å²) in [7, 11) is 3.69. The van der Waals surface area contributed by atoms with Gasteiger partial charge in [-0.05, 0) is 61.1 Å². The Morgan fingerprint density at radius 3 is 2.35 bits per heavy atom. The molecule has 0 spiro atoms. The van der Waals surface area contributed by atoms with Gasteiger partial charge in [0.2, 0.25) is 0 Å². The number of rotatable bonds is 7. The molecule has 1 aliphatic rings. The van der Waals surface area contributed by atoms with E-state index in [-0.39, 0.29) is 23.8 Å². The average Bonchev–Trinajstić information content (AvgIpc) is 3.64. The lowest BCUT2D eigenvalue weighted by atomic mass is 9.84. The Morgan fingerprint density at radius 2 is 1.73 bits per heavy atom. The van der Waals surface area contributed by atoms with E-state index in [4.69, 9.17) is 0 Å². The van der Waals surface area contributed by atoms with E-state index in [1.54, 1.807) is 29.5 Å². The van der Waals surface area contributed by atoms with Crippen molar-refractivity contribution in [3.63, 3.8) is 0 Å². The van der Waals surface area contributed by atoms with Gasteiger partial charge in [0, 0.05) is 63.1 Å².